The molecule has 1 aliphatic rings. The number of nitrogens with one attached hydrogen (secondary N) is 2. The Bertz CT molecular complexity index is 342. The summed E-state index contributed by atoms with van der Waals surface area (Å²) in [6, 6.07) is 0.514. The van der Waals surface area contributed by atoms with E-state index in [9.17, 15) is 0 Å². The molecule has 0 spiro atoms. The summed E-state index contributed by atoms with van der Waals surface area (Å²) in [6.45, 7) is 9.67. The molecule has 1 heterocycles. The van der Waals surface area contributed by atoms with Gasteiger partial charge in [-0.3, -0.25) is 4.99 Å². The molecule has 2 unspecified atom stereocenters. The van der Waals surface area contributed by atoms with Gasteiger partial charge >= 0.3 is 0 Å². The minimum Gasteiger partial charge on any atom is -0.381 e. The SMILES string of the molecule is CN=C(NCCCOCC1CCOC1)NCC(CC(C)C)N(C)C. The summed E-state index contributed by atoms with van der Waals surface area (Å²) in [4.78, 5) is 6.58. The third kappa shape index (κ3) is 9.45. The van der Waals surface area contributed by atoms with Crippen LogP contribution < -0.4 is 10.6 Å². The minimum atomic E-state index is 0.514. The molecule has 2 atom stereocenters. The summed E-state index contributed by atoms with van der Waals surface area (Å²) in [5.41, 5.74) is 0. The van der Waals surface area contributed by atoms with Gasteiger partial charge in [-0.15, -0.1) is 0 Å². The Labute approximate surface area is 148 Å². The van der Waals surface area contributed by atoms with E-state index in [1.165, 1.54) is 6.42 Å². The maximum absolute atomic E-state index is 5.72. The molecular weight excluding hydrogens is 304 g/mol. The van der Waals surface area contributed by atoms with Crippen LogP contribution in [0.4, 0.5) is 0 Å². The Morgan fingerprint density at radius 1 is 1.33 bits per heavy atom. The molecule has 142 valence electrons. The second-order valence-electron chi connectivity index (χ2n) is 7.28. The van der Waals surface area contributed by atoms with Crippen LogP contribution in [0, 0.1) is 11.8 Å². The zero-order chi connectivity index (χ0) is 17.8. The number of ether oxygens (including phenoxy) is 2. The first-order chi connectivity index (χ1) is 11.5. The number of hydrogen-bond acceptors (Lipinski definition) is 4. The summed E-state index contributed by atoms with van der Waals surface area (Å²) in [7, 11) is 6.09. The number of hydrogen-bond donors (Lipinski definition) is 2. The third-order valence-corrected chi connectivity index (χ3v) is 4.34. The highest BCUT2D eigenvalue weighted by atomic mass is 16.5. The van der Waals surface area contributed by atoms with Crippen molar-refractivity contribution in [2.75, 3.05) is 60.7 Å². The molecule has 1 aliphatic heterocycles. The van der Waals surface area contributed by atoms with Gasteiger partial charge in [0.2, 0.25) is 0 Å². The molecular formula is C18H38N4O2. The lowest BCUT2D eigenvalue weighted by atomic mass is 10.0. The highest BCUT2D eigenvalue weighted by Gasteiger charge is 2.15. The Morgan fingerprint density at radius 3 is 2.71 bits per heavy atom. The summed E-state index contributed by atoms with van der Waals surface area (Å²) in [6.07, 6.45) is 3.30. The van der Waals surface area contributed by atoms with E-state index in [0.717, 1.165) is 58.3 Å². The zero-order valence-corrected chi connectivity index (χ0v) is 16.3. The van der Waals surface area contributed by atoms with E-state index < -0.39 is 0 Å². The second-order valence-corrected chi connectivity index (χ2v) is 7.28. The van der Waals surface area contributed by atoms with Crippen LogP contribution in [0.2, 0.25) is 0 Å². The number of nitrogens with zero attached hydrogens (tertiary/aromatic N) is 2. The molecule has 24 heavy (non-hydrogen) atoms. The minimum absolute atomic E-state index is 0.514. The molecule has 0 saturated carbocycles. The summed E-state index contributed by atoms with van der Waals surface area (Å²) in [5.74, 6) is 2.16. The van der Waals surface area contributed by atoms with Crippen LogP contribution >= 0.6 is 0 Å². The Balaban J connectivity index is 2.10. The highest BCUT2D eigenvalue weighted by molar-refractivity contribution is 5.79. The summed E-state index contributed by atoms with van der Waals surface area (Å²) >= 11 is 0. The molecule has 0 bridgehead atoms. The van der Waals surface area contributed by atoms with Crippen molar-refractivity contribution in [2.45, 2.75) is 39.2 Å². The van der Waals surface area contributed by atoms with Gasteiger partial charge in [-0.05, 0) is 39.3 Å². The van der Waals surface area contributed by atoms with Crippen LogP contribution in [0.25, 0.3) is 0 Å². The van der Waals surface area contributed by atoms with Crippen molar-refractivity contribution in [2.24, 2.45) is 16.8 Å². The van der Waals surface area contributed by atoms with Gasteiger partial charge in [0.05, 0.1) is 13.2 Å². The molecule has 0 amide bonds. The van der Waals surface area contributed by atoms with Crippen LogP contribution in [0.5, 0.6) is 0 Å². The van der Waals surface area contributed by atoms with Gasteiger partial charge in [0.25, 0.3) is 0 Å². The van der Waals surface area contributed by atoms with Gasteiger partial charge in [0, 0.05) is 45.3 Å². The third-order valence-electron chi connectivity index (χ3n) is 4.34. The van der Waals surface area contributed by atoms with E-state index in [1.54, 1.807) is 0 Å². The average molecular weight is 343 g/mol. The van der Waals surface area contributed by atoms with E-state index in [2.05, 4.69) is 48.5 Å². The second kappa shape index (κ2) is 12.5. The lowest BCUT2D eigenvalue weighted by Crippen LogP contribution is -2.45. The van der Waals surface area contributed by atoms with Crippen LogP contribution in [0.3, 0.4) is 0 Å². The average Bonchev–Trinajstić information content (AvgIpc) is 3.05. The van der Waals surface area contributed by atoms with Gasteiger partial charge in [-0.2, -0.15) is 0 Å². The number of guanidine groups is 1. The van der Waals surface area contributed by atoms with E-state index >= 15 is 0 Å². The molecule has 1 saturated heterocycles. The summed E-state index contributed by atoms with van der Waals surface area (Å²) in [5, 5.41) is 6.79. The number of likely N-dealkylation sites (N-methyl/N-ethyl adjacent to an activating group) is 1. The first-order valence-electron chi connectivity index (χ1n) is 9.29. The largest absolute Gasteiger partial charge is 0.381 e. The molecule has 0 aromatic carbocycles. The molecule has 6 heteroatoms. The molecule has 1 rings (SSSR count). The van der Waals surface area contributed by atoms with Gasteiger partial charge in [0.1, 0.15) is 0 Å². The topological polar surface area (TPSA) is 58.1 Å². The molecule has 0 aromatic heterocycles. The fraction of sp³-hybridized carbons (Fsp3) is 0.944. The fourth-order valence-electron chi connectivity index (χ4n) is 2.80. The molecule has 0 aromatic rings. The molecule has 1 fully saturated rings. The van der Waals surface area contributed by atoms with Crippen molar-refractivity contribution in [3.8, 4) is 0 Å². The molecule has 0 radical (unpaired) electrons. The van der Waals surface area contributed by atoms with Crippen LogP contribution in [-0.4, -0.2) is 77.6 Å². The lowest BCUT2D eigenvalue weighted by molar-refractivity contribution is 0.0888. The molecule has 6 nitrogen and oxygen atoms in total. The van der Waals surface area contributed by atoms with Crippen molar-refractivity contribution in [3.63, 3.8) is 0 Å². The van der Waals surface area contributed by atoms with E-state index in [-0.39, 0.29) is 0 Å². The van der Waals surface area contributed by atoms with Crippen molar-refractivity contribution < 1.29 is 9.47 Å². The predicted octanol–water partition coefficient (Wildman–Crippen LogP) is 1.57. The van der Waals surface area contributed by atoms with E-state index in [1.807, 2.05) is 7.05 Å². The van der Waals surface area contributed by atoms with Crippen LogP contribution in [0.1, 0.15) is 33.1 Å². The smallest absolute Gasteiger partial charge is 0.191 e. The van der Waals surface area contributed by atoms with Gasteiger partial charge in [-0.1, -0.05) is 13.8 Å². The monoisotopic (exact) mass is 342 g/mol. The fourth-order valence-corrected chi connectivity index (χ4v) is 2.80. The first-order valence-corrected chi connectivity index (χ1v) is 9.29. The van der Waals surface area contributed by atoms with Gasteiger partial charge in [-0.25, -0.2) is 0 Å². The molecule has 2 N–H and O–H groups in total. The van der Waals surface area contributed by atoms with E-state index in [4.69, 9.17) is 9.47 Å². The lowest BCUT2D eigenvalue weighted by Gasteiger charge is -2.27. The van der Waals surface area contributed by atoms with Crippen molar-refractivity contribution in [1.82, 2.24) is 15.5 Å². The molecule has 0 aliphatic carbocycles. The van der Waals surface area contributed by atoms with Crippen molar-refractivity contribution in [1.29, 1.82) is 0 Å². The predicted molar refractivity (Wildman–Crippen MR) is 101 cm³/mol. The standard InChI is InChI=1S/C18H38N4O2/c1-15(2)11-17(22(4)5)12-21-18(19-3)20-8-6-9-23-13-16-7-10-24-14-16/h15-17H,6-14H2,1-5H3,(H2,19,20,21). The first kappa shape index (κ1) is 21.2. The Kier molecular flexibility index (Phi) is 11.0. The van der Waals surface area contributed by atoms with Gasteiger partial charge < -0.3 is 25.0 Å². The van der Waals surface area contributed by atoms with Crippen LogP contribution in [0.15, 0.2) is 4.99 Å². The van der Waals surface area contributed by atoms with Crippen LogP contribution in [-0.2, 0) is 9.47 Å². The summed E-state index contributed by atoms with van der Waals surface area (Å²) < 4.78 is 11.1. The maximum Gasteiger partial charge on any atom is 0.191 e. The van der Waals surface area contributed by atoms with Crippen molar-refractivity contribution >= 4 is 5.96 Å². The van der Waals surface area contributed by atoms with Gasteiger partial charge in [0.15, 0.2) is 5.96 Å². The Hall–Kier alpha value is -0.850. The Morgan fingerprint density at radius 2 is 2.12 bits per heavy atom. The number of rotatable bonds is 11. The number of aliphatic imine (C=N–C) groups is 1. The quantitative estimate of drug-likeness (QED) is 0.339. The zero-order valence-electron chi connectivity index (χ0n) is 16.3. The normalized spacial score (nSPS) is 20.0. The highest BCUT2D eigenvalue weighted by Crippen LogP contribution is 2.12. The van der Waals surface area contributed by atoms with E-state index in [0.29, 0.717) is 17.9 Å². The maximum atomic E-state index is 5.72. The van der Waals surface area contributed by atoms with Crippen molar-refractivity contribution in [3.05, 3.63) is 0 Å².